The van der Waals surface area contributed by atoms with Crippen LogP contribution in [0.4, 0.5) is 22.0 Å². The Morgan fingerprint density at radius 1 is 0.972 bits per heavy atom. The van der Waals surface area contributed by atoms with Crippen LogP contribution in [-0.4, -0.2) is 108 Å². The highest BCUT2D eigenvalue weighted by molar-refractivity contribution is 5.12. The minimum atomic E-state index is -4.28. The Hall–Kier alpha value is -0.550. The SMILES string of the molecule is CC(C)CC1(CN2CCC(F)(NC3(CN4CC(N(F)C5(CN(C)CC(F)(F)F)CC5)C4)CC3)C2)CC1. The first-order valence-corrected chi connectivity index (χ1v) is 13.9. The molecule has 5 rings (SSSR count). The van der Waals surface area contributed by atoms with E-state index in [9.17, 15) is 13.2 Å². The monoisotopic (exact) mass is 521 g/mol. The van der Waals surface area contributed by atoms with Crippen LogP contribution in [-0.2, 0) is 0 Å². The van der Waals surface area contributed by atoms with Crippen LogP contribution in [0.2, 0.25) is 0 Å². The zero-order chi connectivity index (χ0) is 26.0. The summed E-state index contributed by atoms with van der Waals surface area (Å²) in [5.74, 6) is -0.684. The predicted octanol–water partition coefficient (Wildman–Crippen LogP) is 4.20. The number of halogens is 5. The van der Waals surface area contributed by atoms with Gasteiger partial charge in [-0.2, -0.15) is 13.2 Å². The second-order valence-electron chi connectivity index (χ2n) is 13.6. The van der Waals surface area contributed by atoms with Crippen molar-refractivity contribution >= 4 is 0 Å². The zero-order valence-electron chi connectivity index (χ0n) is 22.1. The zero-order valence-corrected chi connectivity index (χ0v) is 22.1. The van der Waals surface area contributed by atoms with Gasteiger partial charge in [-0.3, -0.25) is 20.0 Å². The van der Waals surface area contributed by atoms with Crippen LogP contribution in [0.25, 0.3) is 0 Å². The van der Waals surface area contributed by atoms with Crippen molar-refractivity contribution in [3.63, 3.8) is 0 Å². The number of hydrogen-bond acceptors (Lipinski definition) is 5. The number of nitrogens with zero attached hydrogens (tertiary/aromatic N) is 4. The van der Waals surface area contributed by atoms with E-state index in [4.69, 9.17) is 0 Å². The molecule has 3 aliphatic carbocycles. The van der Waals surface area contributed by atoms with Crippen molar-refractivity contribution in [3.8, 4) is 0 Å². The molecule has 0 aromatic carbocycles. The normalized spacial score (nSPS) is 31.4. The molecule has 10 heteroatoms. The van der Waals surface area contributed by atoms with Gasteiger partial charge in [0.25, 0.3) is 0 Å². The molecular formula is C26H44F5N5. The predicted molar refractivity (Wildman–Crippen MR) is 130 cm³/mol. The van der Waals surface area contributed by atoms with E-state index in [2.05, 4.69) is 29.0 Å². The molecule has 0 amide bonds. The molecule has 0 spiro atoms. The van der Waals surface area contributed by atoms with Crippen molar-refractivity contribution in [2.45, 2.75) is 94.3 Å². The average molecular weight is 522 g/mol. The minimum Gasteiger partial charge on any atom is -0.298 e. The quantitative estimate of drug-likeness (QED) is 0.223. The van der Waals surface area contributed by atoms with Gasteiger partial charge >= 0.3 is 6.18 Å². The van der Waals surface area contributed by atoms with E-state index in [1.54, 1.807) is 0 Å². The maximum absolute atomic E-state index is 15.8. The molecule has 0 aromatic rings. The fourth-order valence-corrected chi connectivity index (χ4v) is 7.06. The van der Waals surface area contributed by atoms with E-state index in [0.29, 0.717) is 56.8 Å². The van der Waals surface area contributed by atoms with Gasteiger partial charge in [-0.15, -0.1) is 9.60 Å². The summed E-state index contributed by atoms with van der Waals surface area (Å²) in [5, 5.41) is 4.22. The molecule has 36 heavy (non-hydrogen) atoms. The summed E-state index contributed by atoms with van der Waals surface area (Å²) in [6.07, 6.45) is 3.04. The summed E-state index contributed by atoms with van der Waals surface area (Å²) in [4.78, 5) is 5.66. The Labute approximate surface area is 212 Å². The van der Waals surface area contributed by atoms with Crippen molar-refractivity contribution in [2.24, 2.45) is 11.3 Å². The first-order chi connectivity index (χ1) is 16.7. The molecule has 0 bridgehead atoms. The van der Waals surface area contributed by atoms with Crippen molar-refractivity contribution in [3.05, 3.63) is 0 Å². The first kappa shape index (κ1) is 27.0. The molecular weight excluding hydrogens is 477 g/mol. The molecule has 2 aliphatic heterocycles. The highest BCUT2D eigenvalue weighted by Gasteiger charge is 2.57. The van der Waals surface area contributed by atoms with Crippen LogP contribution in [0.3, 0.4) is 0 Å². The topological polar surface area (TPSA) is 25.0 Å². The Morgan fingerprint density at radius 3 is 2.17 bits per heavy atom. The highest BCUT2D eigenvalue weighted by Crippen LogP contribution is 2.52. The number of rotatable bonds is 13. The second kappa shape index (κ2) is 9.28. The van der Waals surface area contributed by atoms with Crippen LogP contribution in [0.5, 0.6) is 0 Å². The molecule has 0 radical (unpaired) electrons. The van der Waals surface area contributed by atoms with E-state index >= 15 is 8.87 Å². The number of nitrogens with one attached hydrogen (secondary N) is 1. The highest BCUT2D eigenvalue weighted by atomic mass is 19.4. The van der Waals surface area contributed by atoms with Gasteiger partial charge in [0.05, 0.1) is 18.1 Å². The summed E-state index contributed by atoms with van der Waals surface area (Å²) in [7, 11) is 1.41. The third-order valence-electron chi connectivity index (χ3n) is 9.08. The van der Waals surface area contributed by atoms with Crippen LogP contribution in [0, 0.1) is 11.3 Å². The number of hydrogen-bond donors (Lipinski definition) is 1. The van der Waals surface area contributed by atoms with Crippen LogP contribution < -0.4 is 5.32 Å². The lowest BCUT2D eigenvalue weighted by Gasteiger charge is -2.46. The fourth-order valence-electron chi connectivity index (χ4n) is 7.06. The van der Waals surface area contributed by atoms with Gasteiger partial charge in [0, 0.05) is 57.8 Å². The average Bonchev–Trinajstić information content (AvgIpc) is 3.62. The lowest BCUT2D eigenvalue weighted by molar-refractivity contribution is -0.158. The van der Waals surface area contributed by atoms with Crippen LogP contribution in [0.15, 0.2) is 0 Å². The Bertz CT molecular complexity index is 788. The van der Waals surface area contributed by atoms with Crippen LogP contribution >= 0.6 is 0 Å². The molecule has 5 nitrogen and oxygen atoms in total. The van der Waals surface area contributed by atoms with Gasteiger partial charge in [-0.25, -0.2) is 4.39 Å². The van der Waals surface area contributed by atoms with Gasteiger partial charge in [0.2, 0.25) is 0 Å². The molecule has 2 saturated heterocycles. The Balaban J connectivity index is 1.05. The van der Waals surface area contributed by atoms with Crippen molar-refractivity contribution in [1.29, 1.82) is 0 Å². The minimum absolute atomic E-state index is 0.0876. The molecule has 3 saturated carbocycles. The van der Waals surface area contributed by atoms with Gasteiger partial charge in [0.1, 0.15) is 0 Å². The smallest absolute Gasteiger partial charge is 0.298 e. The molecule has 0 aromatic heterocycles. The van der Waals surface area contributed by atoms with Crippen molar-refractivity contribution < 1.29 is 22.0 Å². The Kier molecular flexibility index (Phi) is 6.97. The molecule has 5 aliphatic rings. The maximum Gasteiger partial charge on any atom is 0.401 e. The van der Waals surface area contributed by atoms with E-state index in [1.807, 2.05) is 0 Å². The largest absolute Gasteiger partial charge is 0.401 e. The van der Waals surface area contributed by atoms with Crippen molar-refractivity contribution in [1.82, 2.24) is 25.1 Å². The lowest BCUT2D eigenvalue weighted by Crippen LogP contribution is -2.64. The summed E-state index contributed by atoms with van der Waals surface area (Å²) in [6, 6.07) is -0.292. The van der Waals surface area contributed by atoms with E-state index in [1.165, 1.54) is 31.2 Å². The Morgan fingerprint density at radius 2 is 1.64 bits per heavy atom. The van der Waals surface area contributed by atoms with E-state index in [-0.39, 0.29) is 18.1 Å². The number of alkyl halides is 4. The lowest BCUT2D eigenvalue weighted by atomic mass is 9.94. The molecule has 208 valence electrons. The van der Waals surface area contributed by atoms with Gasteiger partial charge in [-0.05, 0) is 63.3 Å². The summed E-state index contributed by atoms with van der Waals surface area (Å²) in [6.45, 7) is 7.66. The number of likely N-dealkylation sites (N-methyl/N-ethyl adjacent to an activating group) is 1. The van der Waals surface area contributed by atoms with E-state index < -0.39 is 24.1 Å². The van der Waals surface area contributed by atoms with Gasteiger partial charge in [-0.1, -0.05) is 13.8 Å². The second-order valence-corrected chi connectivity index (χ2v) is 13.6. The summed E-state index contributed by atoms with van der Waals surface area (Å²) < 4.78 is 69.0. The molecule has 1 N–H and O–H groups in total. The van der Waals surface area contributed by atoms with Crippen LogP contribution in [0.1, 0.15) is 65.2 Å². The standard InChI is InChI=1S/C26H44F5N5/c1-20(2)12-22(4-5-22)15-34-11-10-25(27,18-34)32-23(6-7-23)16-35-13-21(14-35)36(31)24(8-9-24)17-33(3)19-26(28,29)30/h20-21,32H,4-19H2,1-3H3. The third kappa shape index (κ3) is 6.35. The first-order valence-electron chi connectivity index (χ1n) is 13.9. The third-order valence-corrected chi connectivity index (χ3v) is 9.08. The van der Waals surface area contributed by atoms with E-state index in [0.717, 1.165) is 31.1 Å². The number of likely N-dealkylation sites (tertiary alicyclic amines) is 2. The molecule has 1 atom stereocenters. The van der Waals surface area contributed by atoms with Gasteiger partial charge in [0.15, 0.2) is 5.79 Å². The molecule has 2 heterocycles. The fraction of sp³-hybridized carbons (Fsp3) is 1.00. The molecule has 1 unspecified atom stereocenters. The summed E-state index contributed by atoms with van der Waals surface area (Å²) in [5.41, 5.74) is -0.602. The maximum atomic E-state index is 15.8. The van der Waals surface area contributed by atoms with Crippen molar-refractivity contribution in [2.75, 3.05) is 59.4 Å². The van der Waals surface area contributed by atoms with Gasteiger partial charge < -0.3 is 0 Å². The summed E-state index contributed by atoms with van der Waals surface area (Å²) >= 11 is 0. The molecule has 5 fully saturated rings.